The minimum absolute atomic E-state index is 0.323. The van der Waals surface area contributed by atoms with Gasteiger partial charge in [-0.15, -0.1) is 0 Å². The molecule has 0 bridgehead atoms. The van der Waals surface area contributed by atoms with Crippen LogP contribution in [0.5, 0.6) is 5.75 Å². The second-order valence-corrected chi connectivity index (χ2v) is 6.38. The maximum atomic E-state index is 12.2. The van der Waals surface area contributed by atoms with E-state index < -0.39 is 0 Å². The highest BCUT2D eigenvalue weighted by molar-refractivity contribution is 6.31. The summed E-state index contributed by atoms with van der Waals surface area (Å²) in [6.45, 7) is 2.34. The molecular weight excluding hydrogens is 360 g/mol. The molecule has 0 spiro atoms. The van der Waals surface area contributed by atoms with Crippen molar-refractivity contribution >= 4 is 23.7 Å². The third-order valence-electron chi connectivity index (χ3n) is 3.96. The van der Waals surface area contributed by atoms with Crippen LogP contribution in [0.15, 0.2) is 77.9 Å². The smallest absolute Gasteiger partial charge is 0.271 e. The van der Waals surface area contributed by atoms with E-state index in [-0.39, 0.29) is 5.91 Å². The molecule has 3 rings (SSSR count). The van der Waals surface area contributed by atoms with Gasteiger partial charge in [0.25, 0.3) is 5.91 Å². The van der Waals surface area contributed by atoms with Gasteiger partial charge >= 0.3 is 0 Å². The highest BCUT2D eigenvalue weighted by Gasteiger charge is 2.06. The van der Waals surface area contributed by atoms with Crippen LogP contribution in [0.25, 0.3) is 0 Å². The Morgan fingerprint density at radius 3 is 2.59 bits per heavy atom. The monoisotopic (exact) mass is 378 g/mol. The lowest BCUT2D eigenvalue weighted by molar-refractivity contribution is 0.0955. The molecule has 0 atom stereocenters. The summed E-state index contributed by atoms with van der Waals surface area (Å²) in [5.41, 5.74) is 5.74. The summed E-state index contributed by atoms with van der Waals surface area (Å²) < 4.78 is 5.87. The lowest BCUT2D eigenvalue weighted by Gasteiger charge is -2.09. The standard InChI is InChI=1S/C22H19ClN2O2/c1-16-11-12-18(13-20(16)23)22(26)25-24-14-19-9-5-6-10-21(19)27-15-17-7-3-2-4-8-17/h2-14H,15H2,1H3,(H,25,26)/b24-14-. The van der Waals surface area contributed by atoms with E-state index in [1.807, 2.05) is 61.5 Å². The average molecular weight is 379 g/mol. The second kappa shape index (κ2) is 9.01. The SMILES string of the molecule is Cc1ccc(C(=O)N/N=C\c2ccccc2OCc2ccccc2)cc1Cl. The Bertz CT molecular complexity index is 956. The summed E-state index contributed by atoms with van der Waals surface area (Å²) >= 11 is 6.06. The van der Waals surface area contributed by atoms with Crippen molar-refractivity contribution < 1.29 is 9.53 Å². The van der Waals surface area contributed by atoms with Gasteiger partial charge in [0.15, 0.2) is 0 Å². The number of para-hydroxylation sites is 1. The van der Waals surface area contributed by atoms with Gasteiger partial charge in [-0.05, 0) is 42.3 Å². The molecule has 136 valence electrons. The molecule has 0 heterocycles. The lowest BCUT2D eigenvalue weighted by atomic mass is 10.1. The highest BCUT2D eigenvalue weighted by Crippen LogP contribution is 2.18. The molecule has 0 aliphatic rings. The first-order valence-corrected chi connectivity index (χ1v) is 8.86. The van der Waals surface area contributed by atoms with E-state index in [0.29, 0.717) is 22.9 Å². The van der Waals surface area contributed by atoms with Gasteiger partial charge in [0, 0.05) is 16.1 Å². The largest absolute Gasteiger partial charge is 0.488 e. The number of nitrogens with zero attached hydrogens (tertiary/aromatic N) is 1. The quantitative estimate of drug-likeness (QED) is 0.485. The maximum absolute atomic E-state index is 12.2. The number of ether oxygens (including phenoxy) is 1. The van der Waals surface area contributed by atoms with Crippen LogP contribution in [-0.4, -0.2) is 12.1 Å². The normalized spacial score (nSPS) is 10.7. The number of hydrazone groups is 1. The summed E-state index contributed by atoms with van der Waals surface area (Å²) in [6, 6.07) is 22.6. The van der Waals surface area contributed by atoms with Crippen molar-refractivity contribution in [1.82, 2.24) is 5.43 Å². The van der Waals surface area contributed by atoms with E-state index in [1.165, 1.54) is 0 Å². The molecule has 0 radical (unpaired) electrons. The molecule has 4 nitrogen and oxygen atoms in total. The molecule has 1 amide bonds. The molecule has 5 heteroatoms. The summed E-state index contributed by atoms with van der Waals surface area (Å²) in [4.78, 5) is 12.2. The summed E-state index contributed by atoms with van der Waals surface area (Å²) in [5, 5.41) is 4.59. The predicted molar refractivity (Wildman–Crippen MR) is 108 cm³/mol. The van der Waals surface area contributed by atoms with Gasteiger partial charge in [-0.1, -0.05) is 60.1 Å². The zero-order valence-electron chi connectivity index (χ0n) is 14.9. The molecular formula is C22H19ClN2O2. The van der Waals surface area contributed by atoms with Gasteiger partial charge in [-0.3, -0.25) is 4.79 Å². The average Bonchev–Trinajstić information content (AvgIpc) is 2.70. The molecule has 0 aliphatic carbocycles. The summed E-state index contributed by atoms with van der Waals surface area (Å²) in [7, 11) is 0. The fourth-order valence-electron chi connectivity index (χ4n) is 2.41. The minimum Gasteiger partial charge on any atom is -0.488 e. The Morgan fingerprint density at radius 2 is 1.81 bits per heavy atom. The van der Waals surface area contributed by atoms with Crippen LogP contribution in [-0.2, 0) is 6.61 Å². The van der Waals surface area contributed by atoms with Crippen molar-refractivity contribution in [2.45, 2.75) is 13.5 Å². The third kappa shape index (κ3) is 5.19. The molecule has 0 saturated carbocycles. The van der Waals surface area contributed by atoms with Gasteiger partial charge in [-0.25, -0.2) is 5.43 Å². The van der Waals surface area contributed by atoms with Crippen LogP contribution in [0.4, 0.5) is 0 Å². The predicted octanol–water partition coefficient (Wildman–Crippen LogP) is 4.99. The molecule has 0 aromatic heterocycles. The van der Waals surface area contributed by atoms with Crippen LogP contribution < -0.4 is 10.2 Å². The van der Waals surface area contributed by atoms with Gasteiger partial charge in [-0.2, -0.15) is 5.10 Å². The molecule has 27 heavy (non-hydrogen) atoms. The Labute approximate surface area is 163 Å². The van der Waals surface area contributed by atoms with E-state index in [9.17, 15) is 4.79 Å². The first-order chi connectivity index (χ1) is 13.1. The number of benzene rings is 3. The fraction of sp³-hybridized carbons (Fsp3) is 0.0909. The first kappa shape index (κ1) is 18.7. The van der Waals surface area contributed by atoms with Crippen LogP contribution in [0.1, 0.15) is 27.0 Å². The molecule has 0 unspecified atom stereocenters. The Balaban J connectivity index is 1.64. The zero-order valence-corrected chi connectivity index (χ0v) is 15.6. The highest BCUT2D eigenvalue weighted by atomic mass is 35.5. The number of hydrogen-bond donors (Lipinski definition) is 1. The van der Waals surface area contributed by atoms with Crippen LogP contribution >= 0.6 is 11.6 Å². The number of nitrogens with one attached hydrogen (secondary N) is 1. The van der Waals surface area contributed by atoms with Crippen LogP contribution in [0, 0.1) is 6.92 Å². The molecule has 0 saturated heterocycles. The number of aryl methyl sites for hydroxylation is 1. The van der Waals surface area contributed by atoms with E-state index in [4.69, 9.17) is 16.3 Å². The van der Waals surface area contributed by atoms with E-state index >= 15 is 0 Å². The maximum Gasteiger partial charge on any atom is 0.271 e. The molecule has 3 aromatic rings. The van der Waals surface area contributed by atoms with Crippen molar-refractivity contribution in [3.63, 3.8) is 0 Å². The van der Waals surface area contributed by atoms with Crippen LogP contribution in [0.2, 0.25) is 5.02 Å². The zero-order chi connectivity index (χ0) is 19.1. The van der Waals surface area contributed by atoms with Crippen molar-refractivity contribution in [1.29, 1.82) is 0 Å². The Kier molecular flexibility index (Phi) is 6.23. The van der Waals surface area contributed by atoms with E-state index in [2.05, 4.69) is 10.5 Å². The van der Waals surface area contributed by atoms with Crippen LogP contribution in [0.3, 0.4) is 0 Å². The molecule has 1 N–H and O–H groups in total. The Morgan fingerprint density at radius 1 is 1.07 bits per heavy atom. The van der Waals surface area contributed by atoms with Crippen molar-refractivity contribution in [2.75, 3.05) is 0 Å². The topological polar surface area (TPSA) is 50.7 Å². The lowest BCUT2D eigenvalue weighted by Crippen LogP contribution is -2.17. The van der Waals surface area contributed by atoms with Crippen molar-refractivity contribution in [2.24, 2.45) is 5.10 Å². The minimum atomic E-state index is -0.323. The molecule has 0 fully saturated rings. The molecule has 3 aromatic carbocycles. The number of halogens is 1. The summed E-state index contributed by atoms with van der Waals surface area (Å²) in [5.74, 6) is 0.369. The number of carbonyl (C=O) groups is 1. The number of amides is 1. The number of hydrogen-bond acceptors (Lipinski definition) is 3. The van der Waals surface area contributed by atoms with E-state index in [0.717, 1.165) is 16.7 Å². The van der Waals surface area contributed by atoms with Gasteiger partial charge in [0.2, 0.25) is 0 Å². The second-order valence-electron chi connectivity index (χ2n) is 5.98. The fourth-order valence-corrected chi connectivity index (χ4v) is 2.59. The van der Waals surface area contributed by atoms with Gasteiger partial charge in [0.1, 0.15) is 12.4 Å². The first-order valence-electron chi connectivity index (χ1n) is 8.49. The Hall–Kier alpha value is -3.11. The number of rotatable bonds is 6. The van der Waals surface area contributed by atoms with Crippen molar-refractivity contribution in [3.05, 3.63) is 100 Å². The summed E-state index contributed by atoms with van der Waals surface area (Å²) in [6.07, 6.45) is 1.56. The van der Waals surface area contributed by atoms with Crippen molar-refractivity contribution in [3.8, 4) is 5.75 Å². The van der Waals surface area contributed by atoms with Gasteiger partial charge in [0.05, 0.1) is 6.21 Å². The molecule has 0 aliphatic heterocycles. The van der Waals surface area contributed by atoms with E-state index in [1.54, 1.807) is 24.4 Å². The third-order valence-corrected chi connectivity index (χ3v) is 4.37. The number of carbonyl (C=O) groups excluding carboxylic acids is 1. The van der Waals surface area contributed by atoms with Gasteiger partial charge < -0.3 is 4.74 Å².